The lowest BCUT2D eigenvalue weighted by atomic mass is 10.1. The Labute approximate surface area is 208 Å². The van der Waals surface area contributed by atoms with Crippen LogP contribution in [0.5, 0.6) is 0 Å². The van der Waals surface area contributed by atoms with E-state index in [0.29, 0.717) is 0 Å². The van der Waals surface area contributed by atoms with Crippen LogP contribution in [0.1, 0.15) is 136 Å². The minimum absolute atomic E-state index is 0. The third kappa shape index (κ3) is 31.8. The van der Waals surface area contributed by atoms with E-state index < -0.39 is 10.4 Å². The van der Waals surface area contributed by atoms with Gasteiger partial charge in [0.05, 0.1) is 33.8 Å². The molecule has 33 heavy (non-hydrogen) atoms. The van der Waals surface area contributed by atoms with Gasteiger partial charge in [-0.05, 0) is 38.5 Å². The summed E-state index contributed by atoms with van der Waals surface area (Å²) >= 11 is 0. The summed E-state index contributed by atoms with van der Waals surface area (Å²) in [5.41, 5.74) is 0. The van der Waals surface area contributed by atoms with Crippen LogP contribution in [-0.4, -0.2) is 51.2 Å². The molecule has 0 aromatic rings. The van der Waals surface area contributed by atoms with Gasteiger partial charge >= 0.3 is 10.4 Å². The van der Waals surface area contributed by atoms with Crippen LogP contribution in [-0.2, 0) is 14.6 Å². The van der Waals surface area contributed by atoms with Crippen molar-refractivity contribution < 1.29 is 21.6 Å². The maximum Gasteiger partial charge on any atom is 0.397 e. The lowest BCUT2D eigenvalue weighted by Crippen LogP contribution is -2.46. The molecule has 4 N–H and O–H groups in total. The van der Waals surface area contributed by atoms with E-state index in [-0.39, 0.29) is 6.15 Å². The topological polar surface area (TPSA) is 98.6 Å². The molecular formula is C26H61N2O4S+. The Morgan fingerprint density at radius 3 is 1.00 bits per heavy atom. The fraction of sp³-hybridized carbons (Fsp3) is 1.00. The van der Waals surface area contributed by atoms with Gasteiger partial charge in [-0.2, -0.15) is 8.42 Å². The second kappa shape index (κ2) is 26.4. The third-order valence-corrected chi connectivity index (χ3v) is 6.79. The number of hydrogen-bond acceptors (Lipinski definition) is 4. The fourth-order valence-electron chi connectivity index (χ4n) is 4.16. The molecular weight excluding hydrogens is 436 g/mol. The first-order valence-electron chi connectivity index (χ1n) is 13.6. The summed E-state index contributed by atoms with van der Waals surface area (Å²) in [6.07, 6.45) is 25.9. The summed E-state index contributed by atoms with van der Waals surface area (Å²) < 4.78 is 31.1. The lowest BCUT2D eigenvalue weighted by Gasteiger charge is -2.35. The quantitative estimate of drug-likeness (QED) is 0.0893. The van der Waals surface area contributed by atoms with E-state index >= 15 is 0 Å². The lowest BCUT2D eigenvalue weighted by molar-refractivity contribution is -0.910. The normalized spacial score (nSPS) is 11.6. The van der Waals surface area contributed by atoms with Crippen molar-refractivity contribution in [3.05, 3.63) is 0 Å². The van der Waals surface area contributed by atoms with Gasteiger partial charge in [0.2, 0.25) is 0 Å². The standard InChI is InChI=1S/C25H54N.CH4O4S.H3N/c1-5-8-11-14-17-20-23-26(4,24-21-18-15-12-9-6-2)25-22-19-16-13-10-7-3;1-5-6(2,3)4;/h5-25H2,1-4H3;1H3,(H,2,3,4);1H3/q+1;;. The van der Waals surface area contributed by atoms with Gasteiger partial charge in [-0.15, -0.1) is 0 Å². The highest BCUT2D eigenvalue weighted by Crippen LogP contribution is 2.16. The van der Waals surface area contributed by atoms with E-state index in [2.05, 4.69) is 32.0 Å². The SMILES string of the molecule is CCCCCCCC[N+](C)(CCCCCCCC)CCCCCCCC.COS(=O)(=O)O.N. The van der Waals surface area contributed by atoms with Crippen LogP contribution in [0.15, 0.2) is 0 Å². The van der Waals surface area contributed by atoms with Gasteiger partial charge in [0.25, 0.3) is 0 Å². The van der Waals surface area contributed by atoms with Crippen molar-refractivity contribution >= 4 is 10.4 Å². The molecule has 0 aromatic carbocycles. The molecule has 0 aliphatic heterocycles. The molecule has 0 amide bonds. The smallest absolute Gasteiger partial charge is 0.344 e. The van der Waals surface area contributed by atoms with Crippen molar-refractivity contribution in [3.8, 4) is 0 Å². The van der Waals surface area contributed by atoms with Gasteiger partial charge in [0.1, 0.15) is 0 Å². The van der Waals surface area contributed by atoms with E-state index in [0.717, 1.165) is 7.11 Å². The number of nitrogens with zero attached hydrogens (tertiary/aromatic N) is 1. The molecule has 0 atom stereocenters. The highest BCUT2D eigenvalue weighted by Gasteiger charge is 2.20. The second-order valence-corrected chi connectivity index (χ2v) is 10.9. The molecule has 0 unspecified atom stereocenters. The summed E-state index contributed by atoms with van der Waals surface area (Å²) in [5, 5.41) is 0. The number of hydrogen-bond donors (Lipinski definition) is 2. The van der Waals surface area contributed by atoms with Crippen LogP contribution in [0.4, 0.5) is 0 Å². The van der Waals surface area contributed by atoms with Crippen molar-refractivity contribution in [2.75, 3.05) is 33.8 Å². The monoisotopic (exact) mass is 497 g/mol. The van der Waals surface area contributed by atoms with E-state index in [9.17, 15) is 8.42 Å². The van der Waals surface area contributed by atoms with Crippen molar-refractivity contribution in [1.29, 1.82) is 0 Å². The fourth-order valence-corrected chi connectivity index (χ4v) is 4.16. The van der Waals surface area contributed by atoms with Crippen LogP contribution >= 0.6 is 0 Å². The van der Waals surface area contributed by atoms with Gasteiger partial charge in [-0.25, -0.2) is 0 Å². The molecule has 0 rings (SSSR count). The molecule has 0 fully saturated rings. The maximum absolute atomic E-state index is 9.33. The molecule has 0 aromatic heterocycles. The van der Waals surface area contributed by atoms with Gasteiger partial charge in [0, 0.05) is 0 Å². The Morgan fingerprint density at radius 1 is 0.576 bits per heavy atom. The van der Waals surface area contributed by atoms with E-state index in [1.54, 1.807) is 0 Å². The average Bonchev–Trinajstić information content (AvgIpc) is 2.75. The Hall–Kier alpha value is -0.210. The minimum Gasteiger partial charge on any atom is -0.344 e. The molecule has 7 heteroatoms. The molecule has 0 aliphatic rings. The highest BCUT2D eigenvalue weighted by atomic mass is 32.3. The van der Waals surface area contributed by atoms with Crippen LogP contribution in [0.3, 0.4) is 0 Å². The molecule has 0 bridgehead atoms. The average molecular weight is 498 g/mol. The number of quaternary nitrogens is 1. The number of rotatable bonds is 22. The second-order valence-electron chi connectivity index (χ2n) is 9.69. The molecule has 0 spiro atoms. The first-order chi connectivity index (χ1) is 15.2. The first kappa shape index (κ1) is 37.3. The zero-order chi connectivity index (χ0) is 24.6. The molecule has 0 aliphatic carbocycles. The van der Waals surface area contributed by atoms with Gasteiger partial charge < -0.3 is 10.6 Å². The van der Waals surface area contributed by atoms with Gasteiger partial charge in [0.15, 0.2) is 0 Å². The van der Waals surface area contributed by atoms with Crippen LogP contribution in [0, 0.1) is 0 Å². The summed E-state index contributed by atoms with van der Waals surface area (Å²) in [6.45, 7) is 11.2. The summed E-state index contributed by atoms with van der Waals surface area (Å²) in [6, 6.07) is 0. The Balaban J connectivity index is -0.00000113. The predicted octanol–water partition coefficient (Wildman–Crippen LogP) is 8.11. The molecule has 0 radical (unpaired) electrons. The summed E-state index contributed by atoms with van der Waals surface area (Å²) in [7, 11) is -0.732. The van der Waals surface area contributed by atoms with E-state index in [4.69, 9.17) is 4.55 Å². The molecule has 0 heterocycles. The molecule has 0 saturated carbocycles. The van der Waals surface area contributed by atoms with Crippen LogP contribution in [0.25, 0.3) is 0 Å². The molecule has 204 valence electrons. The first-order valence-corrected chi connectivity index (χ1v) is 15.0. The molecule has 0 saturated heterocycles. The minimum atomic E-state index is -4.16. The van der Waals surface area contributed by atoms with Crippen molar-refractivity contribution in [1.82, 2.24) is 6.15 Å². The molecule has 6 nitrogen and oxygen atoms in total. The van der Waals surface area contributed by atoms with E-state index in [1.165, 1.54) is 140 Å². The maximum atomic E-state index is 9.33. The van der Waals surface area contributed by atoms with E-state index in [1.807, 2.05) is 0 Å². The predicted molar refractivity (Wildman–Crippen MR) is 144 cm³/mol. The Morgan fingerprint density at radius 2 is 0.788 bits per heavy atom. The zero-order valence-electron chi connectivity index (χ0n) is 23.1. The zero-order valence-corrected chi connectivity index (χ0v) is 23.9. The Bertz CT molecular complexity index is 432. The summed E-state index contributed by atoms with van der Waals surface area (Å²) in [5.74, 6) is 0. The highest BCUT2D eigenvalue weighted by molar-refractivity contribution is 7.80. The van der Waals surface area contributed by atoms with Crippen LogP contribution in [0.2, 0.25) is 0 Å². The largest absolute Gasteiger partial charge is 0.397 e. The third-order valence-electron chi connectivity index (χ3n) is 6.37. The van der Waals surface area contributed by atoms with Crippen molar-refractivity contribution in [2.45, 2.75) is 136 Å². The van der Waals surface area contributed by atoms with Crippen molar-refractivity contribution in [3.63, 3.8) is 0 Å². The van der Waals surface area contributed by atoms with Gasteiger partial charge in [-0.1, -0.05) is 97.8 Å². The summed E-state index contributed by atoms with van der Waals surface area (Å²) in [4.78, 5) is 0. The number of unbranched alkanes of at least 4 members (excludes halogenated alkanes) is 15. The van der Waals surface area contributed by atoms with Gasteiger partial charge in [-0.3, -0.25) is 8.74 Å². The van der Waals surface area contributed by atoms with Crippen molar-refractivity contribution in [2.24, 2.45) is 0 Å². The van der Waals surface area contributed by atoms with Crippen LogP contribution < -0.4 is 6.15 Å². The Kier molecular flexibility index (Phi) is 29.9.